The molecule has 0 aromatic carbocycles. The second-order valence-corrected chi connectivity index (χ2v) is 7.93. The van der Waals surface area contributed by atoms with Gasteiger partial charge < -0.3 is 5.32 Å². The number of hydrogen-bond acceptors (Lipinski definition) is 6. The summed E-state index contributed by atoms with van der Waals surface area (Å²) in [6, 6.07) is 6.54. The molecule has 1 fully saturated rings. The van der Waals surface area contributed by atoms with Gasteiger partial charge in [0.1, 0.15) is 17.0 Å². The minimum Gasteiger partial charge on any atom is -0.365 e. The van der Waals surface area contributed by atoms with Gasteiger partial charge in [-0.05, 0) is 50.9 Å². The van der Waals surface area contributed by atoms with Crippen LogP contribution in [0.4, 0.5) is 5.82 Å². The molecular weight excluding hydrogens is 330 g/mol. The van der Waals surface area contributed by atoms with Crippen LogP contribution < -0.4 is 5.32 Å². The van der Waals surface area contributed by atoms with Gasteiger partial charge in [-0.25, -0.2) is 9.97 Å². The maximum atomic E-state index is 4.54. The van der Waals surface area contributed by atoms with Crippen molar-refractivity contribution in [1.29, 1.82) is 0 Å². The van der Waals surface area contributed by atoms with Crippen molar-refractivity contribution in [1.82, 2.24) is 19.9 Å². The zero-order valence-corrected chi connectivity index (χ0v) is 15.5. The molecule has 130 valence electrons. The molecule has 1 saturated heterocycles. The first-order valence-electron chi connectivity index (χ1n) is 8.80. The number of rotatable bonds is 4. The summed E-state index contributed by atoms with van der Waals surface area (Å²) in [6.45, 7) is 7.38. The van der Waals surface area contributed by atoms with E-state index in [9.17, 15) is 0 Å². The monoisotopic (exact) mass is 353 g/mol. The lowest BCUT2D eigenvalue weighted by molar-refractivity contribution is 0.206. The summed E-state index contributed by atoms with van der Waals surface area (Å²) >= 11 is 1.75. The molecule has 3 aromatic heterocycles. The predicted molar refractivity (Wildman–Crippen MR) is 103 cm³/mol. The minimum atomic E-state index is 0.412. The summed E-state index contributed by atoms with van der Waals surface area (Å²) in [5.74, 6) is 0.983. The van der Waals surface area contributed by atoms with Crippen molar-refractivity contribution in [3.8, 4) is 0 Å². The number of thiophene rings is 1. The molecule has 5 nitrogen and oxygen atoms in total. The Labute approximate surface area is 152 Å². The fraction of sp³-hybridized carbons (Fsp3) is 0.421. The first kappa shape index (κ1) is 16.4. The Morgan fingerprint density at radius 3 is 3.00 bits per heavy atom. The lowest BCUT2D eigenvalue weighted by Crippen LogP contribution is -2.41. The van der Waals surface area contributed by atoms with Gasteiger partial charge in [0.2, 0.25) is 0 Å². The third-order valence-corrected chi connectivity index (χ3v) is 6.04. The number of likely N-dealkylation sites (tertiary alicyclic amines) is 1. The highest BCUT2D eigenvalue weighted by molar-refractivity contribution is 7.18. The second kappa shape index (κ2) is 7.06. The normalized spacial score (nSPS) is 18.6. The van der Waals surface area contributed by atoms with Crippen molar-refractivity contribution in [2.75, 3.05) is 18.4 Å². The van der Waals surface area contributed by atoms with E-state index >= 15 is 0 Å². The van der Waals surface area contributed by atoms with E-state index in [4.69, 9.17) is 0 Å². The second-order valence-electron chi connectivity index (χ2n) is 6.73. The number of pyridine rings is 1. The van der Waals surface area contributed by atoms with Gasteiger partial charge in [-0.15, -0.1) is 11.3 Å². The van der Waals surface area contributed by atoms with Crippen LogP contribution in [0.1, 0.15) is 29.0 Å². The summed E-state index contributed by atoms with van der Waals surface area (Å²) in [5.41, 5.74) is 2.43. The number of nitrogens with one attached hydrogen (secondary N) is 1. The molecule has 6 heteroatoms. The smallest absolute Gasteiger partial charge is 0.138 e. The Hall–Kier alpha value is -2.05. The van der Waals surface area contributed by atoms with Crippen LogP contribution in [0.3, 0.4) is 0 Å². The predicted octanol–water partition coefficient (Wildman–Crippen LogP) is 3.78. The minimum absolute atomic E-state index is 0.412. The average Bonchev–Trinajstić information content (AvgIpc) is 2.91. The average molecular weight is 353 g/mol. The number of hydrogen-bond donors (Lipinski definition) is 1. The molecule has 4 heterocycles. The number of piperidine rings is 1. The molecule has 1 aliphatic rings. The summed E-state index contributed by atoms with van der Waals surface area (Å²) in [6.07, 6.45) is 5.91. The van der Waals surface area contributed by atoms with Crippen LogP contribution in [0.5, 0.6) is 0 Å². The fourth-order valence-electron chi connectivity index (χ4n) is 3.52. The van der Waals surface area contributed by atoms with Crippen LogP contribution in [0, 0.1) is 13.8 Å². The van der Waals surface area contributed by atoms with Crippen molar-refractivity contribution in [2.45, 2.75) is 39.3 Å². The molecule has 25 heavy (non-hydrogen) atoms. The lowest BCUT2D eigenvalue weighted by Gasteiger charge is -2.33. The van der Waals surface area contributed by atoms with Crippen LogP contribution in [-0.2, 0) is 6.54 Å². The fourth-order valence-corrected chi connectivity index (χ4v) is 4.52. The molecule has 0 bridgehead atoms. The summed E-state index contributed by atoms with van der Waals surface area (Å²) < 4.78 is 0. The van der Waals surface area contributed by atoms with Crippen molar-refractivity contribution in [3.05, 3.63) is 46.9 Å². The van der Waals surface area contributed by atoms with Gasteiger partial charge in [0.25, 0.3) is 0 Å². The van der Waals surface area contributed by atoms with E-state index in [0.29, 0.717) is 6.04 Å². The van der Waals surface area contributed by atoms with Crippen LogP contribution in [0.15, 0.2) is 30.7 Å². The zero-order chi connectivity index (χ0) is 17.2. The van der Waals surface area contributed by atoms with Crippen LogP contribution in [0.2, 0.25) is 0 Å². The highest BCUT2D eigenvalue weighted by Gasteiger charge is 2.22. The molecule has 1 atom stereocenters. The quantitative estimate of drug-likeness (QED) is 0.773. The van der Waals surface area contributed by atoms with Crippen LogP contribution in [-0.4, -0.2) is 39.0 Å². The van der Waals surface area contributed by atoms with Gasteiger partial charge >= 0.3 is 0 Å². The van der Waals surface area contributed by atoms with Crippen LogP contribution >= 0.6 is 11.3 Å². The topological polar surface area (TPSA) is 53.9 Å². The molecule has 4 rings (SSSR count). The molecule has 0 amide bonds. The standard InChI is InChI=1S/C19H23N5S/c1-13-14(2)25-19-17(13)18(21-12-22-19)23-16-7-5-9-24(11-16)10-15-6-3-4-8-20-15/h3-4,6,8,12,16H,5,7,9-11H2,1-2H3,(H,21,22,23). The first-order valence-corrected chi connectivity index (χ1v) is 9.62. The van der Waals surface area contributed by atoms with Crippen LogP contribution in [0.25, 0.3) is 10.2 Å². The Morgan fingerprint density at radius 2 is 2.16 bits per heavy atom. The summed E-state index contributed by atoms with van der Waals surface area (Å²) in [5, 5.41) is 4.87. The number of aryl methyl sites for hydroxylation is 2. The van der Waals surface area contributed by atoms with E-state index in [-0.39, 0.29) is 0 Å². The molecule has 0 spiro atoms. The third kappa shape index (κ3) is 3.50. The zero-order valence-electron chi connectivity index (χ0n) is 14.7. The van der Waals surface area contributed by atoms with Crippen molar-refractivity contribution in [2.24, 2.45) is 0 Å². The van der Waals surface area contributed by atoms with Gasteiger partial charge in [0, 0.05) is 30.2 Å². The Balaban J connectivity index is 1.49. The molecular formula is C19H23N5S. The van der Waals surface area contributed by atoms with E-state index in [2.05, 4.69) is 51.1 Å². The van der Waals surface area contributed by atoms with Gasteiger partial charge in [0.05, 0.1) is 11.1 Å². The lowest BCUT2D eigenvalue weighted by atomic mass is 10.0. The molecule has 3 aromatic rings. The van der Waals surface area contributed by atoms with E-state index in [1.807, 2.05) is 12.3 Å². The number of anilines is 1. The summed E-state index contributed by atoms with van der Waals surface area (Å²) in [7, 11) is 0. The number of fused-ring (bicyclic) bond motifs is 1. The summed E-state index contributed by atoms with van der Waals surface area (Å²) in [4.78, 5) is 18.3. The molecule has 1 unspecified atom stereocenters. The SMILES string of the molecule is Cc1sc2ncnc(NC3CCCN(Cc4ccccn4)C3)c2c1C. The van der Waals surface area contributed by atoms with E-state index in [1.54, 1.807) is 17.7 Å². The maximum Gasteiger partial charge on any atom is 0.138 e. The molecule has 0 saturated carbocycles. The molecule has 0 radical (unpaired) electrons. The number of nitrogens with zero attached hydrogens (tertiary/aromatic N) is 4. The van der Waals surface area contributed by atoms with Crippen molar-refractivity contribution < 1.29 is 0 Å². The van der Waals surface area contributed by atoms with Gasteiger partial charge in [-0.2, -0.15) is 0 Å². The third-order valence-electron chi connectivity index (χ3n) is 4.92. The van der Waals surface area contributed by atoms with Gasteiger partial charge in [-0.3, -0.25) is 9.88 Å². The Bertz CT molecular complexity index is 861. The molecule has 0 aliphatic carbocycles. The first-order chi connectivity index (χ1) is 12.2. The van der Waals surface area contributed by atoms with Gasteiger partial charge in [-0.1, -0.05) is 6.07 Å². The Kier molecular flexibility index (Phi) is 4.63. The maximum absolute atomic E-state index is 4.54. The van der Waals surface area contributed by atoms with Crippen molar-refractivity contribution >= 4 is 27.4 Å². The van der Waals surface area contributed by atoms with E-state index in [1.165, 1.54) is 28.7 Å². The largest absolute Gasteiger partial charge is 0.365 e. The van der Waals surface area contributed by atoms with Gasteiger partial charge in [0.15, 0.2) is 0 Å². The highest BCUT2D eigenvalue weighted by atomic mass is 32.1. The Morgan fingerprint density at radius 1 is 1.24 bits per heavy atom. The van der Waals surface area contributed by atoms with E-state index < -0.39 is 0 Å². The number of aromatic nitrogens is 3. The molecule has 1 N–H and O–H groups in total. The molecule has 1 aliphatic heterocycles. The van der Waals surface area contributed by atoms with E-state index in [0.717, 1.165) is 36.0 Å². The highest BCUT2D eigenvalue weighted by Crippen LogP contribution is 2.33. The van der Waals surface area contributed by atoms with Crippen molar-refractivity contribution in [3.63, 3.8) is 0 Å².